The molecule has 0 saturated heterocycles. The maximum absolute atomic E-state index is 9.28. The van der Waals surface area contributed by atoms with Crippen molar-refractivity contribution >= 4 is 0 Å². The summed E-state index contributed by atoms with van der Waals surface area (Å²) in [5.41, 5.74) is 6.20. The second-order valence-electron chi connectivity index (χ2n) is 3.47. The Morgan fingerprint density at radius 3 is 2.77 bits per heavy atom. The molecule has 1 atom stereocenters. The van der Waals surface area contributed by atoms with Gasteiger partial charge < -0.3 is 10.8 Å². The third kappa shape index (κ3) is 2.82. The largest absolute Gasteiger partial charge is 0.391 e. The summed E-state index contributed by atoms with van der Waals surface area (Å²) in [6.45, 7) is 4.42. The minimum atomic E-state index is -0.476. The van der Waals surface area contributed by atoms with Crippen LogP contribution in [0.2, 0.25) is 0 Å². The van der Waals surface area contributed by atoms with E-state index in [4.69, 9.17) is 5.73 Å². The van der Waals surface area contributed by atoms with Crippen molar-refractivity contribution in [1.82, 2.24) is 9.78 Å². The second kappa shape index (κ2) is 4.39. The van der Waals surface area contributed by atoms with Gasteiger partial charge in [0.2, 0.25) is 0 Å². The zero-order valence-electron chi connectivity index (χ0n) is 8.14. The summed E-state index contributed by atoms with van der Waals surface area (Å²) in [4.78, 5) is 0. The van der Waals surface area contributed by atoms with Gasteiger partial charge in [0.1, 0.15) is 0 Å². The molecule has 1 rings (SSSR count). The molecule has 0 radical (unpaired) electrons. The second-order valence-corrected chi connectivity index (χ2v) is 3.47. The van der Waals surface area contributed by atoms with Crippen LogP contribution in [0, 0.1) is 0 Å². The van der Waals surface area contributed by atoms with Crippen LogP contribution in [-0.2, 0) is 6.42 Å². The SMILES string of the molecule is CC(C)n1ccc(CC(O)CN)n1. The van der Waals surface area contributed by atoms with Crippen molar-refractivity contribution in [3.63, 3.8) is 0 Å². The number of aliphatic hydroxyl groups is 1. The van der Waals surface area contributed by atoms with Gasteiger partial charge >= 0.3 is 0 Å². The first-order chi connectivity index (χ1) is 6.13. The predicted molar refractivity (Wildman–Crippen MR) is 51.4 cm³/mol. The van der Waals surface area contributed by atoms with Crippen molar-refractivity contribution < 1.29 is 5.11 Å². The molecule has 0 aliphatic heterocycles. The lowest BCUT2D eigenvalue weighted by molar-refractivity contribution is 0.182. The zero-order chi connectivity index (χ0) is 9.84. The van der Waals surface area contributed by atoms with Gasteiger partial charge in [0, 0.05) is 25.2 Å². The van der Waals surface area contributed by atoms with Gasteiger partial charge in [-0.2, -0.15) is 5.10 Å². The fourth-order valence-corrected chi connectivity index (χ4v) is 1.10. The highest BCUT2D eigenvalue weighted by Gasteiger charge is 2.06. The normalized spacial score (nSPS) is 13.6. The highest BCUT2D eigenvalue weighted by Crippen LogP contribution is 2.05. The summed E-state index contributed by atoms with van der Waals surface area (Å²) < 4.78 is 1.87. The van der Waals surface area contributed by atoms with Crippen LogP contribution in [0.5, 0.6) is 0 Å². The summed E-state index contributed by atoms with van der Waals surface area (Å²) in [6.07, 6.45) is 1.98. The van der Waals surface area contributed by atoms with E-state index in [1.165, 1.54) is 0 Å². The maximum Gasteiger partial charge on any atom is 0.0718 e. The number of hydrogen-bond donors (Lipinski definition) is 2. The zero-order valence-corrected chi connectivity index (χ0v) is 8.14. The molecule has 0 bridgehead atoms. The van der Waals surface area contributed by atoms with E-state index in [9.17, 15) is 5.11 Å². The van der Waals surface area contributed by atoms with Crippen molar-refractivity contribution in [3.05, 3.63) is 18.0 Å². The molecule has 0 amide bonds. The Balaban J connectivity index is 2.58. The van der Waals surface area contributed by atoms with Crippen LogP contribution in [0.15, 0.2) is 12.3 Å². The van der Waals surface area contributed by atoms with Gasteiger partial charge in [0.15, 0.2) is 0 Å². The van der Waals surface area contributed by atoms with E-state index >= 15 is 0 Å². The van der Waals surface area contributed by atoms with E-state index in [0.717, 1.165) is 5.69 Å². The van der Waals surface area contributed by atoms with Crippen LogP contribution in [0.25, 0.3) is 0 Å². The summed E-state index contributed by atoms with van der Waals surface area (Å²) in [5, 5.41) is 13.6. The first kappa shape index (κ1) is 10.2. The van der Waals surface area contributed by atoms with Crippen LogP contribution in [0.3, 0.4) is 0 Å². The third-order valence-corrected chi connectivity index (χ3v) is 1.91. The van der Waals surface area contributed by atoms with Crippen molar-refractivity contribution in [2.45, 2.75) is 32.4 Å². The summed E-state index contributed by atoms with van der Waals surface area (Å²) in [5.74, 6) is 0. The van der Waals surface area contributed by atoms with Crippen LogP contribution >= 0.6 is 0 Å². The summed E-state index contributed by atoms with van der Waals surface area (Å²) in [7, 11) is 0. The van der Waals surface area contributed by atoms with Gasteiger partial charge in [-0.25, -0.2) is 0 Å². The smallest absolute Gasteiger partial charge is 0.0718 e. The Kier molecular flexibility index (Phi) is 3.45. The fourth-order valence-electron chi connectivity index (χ4n) is 1.10. The van der Waals surface area contributed by atoms with Crippen LogP contribution in [0.1, 0.15) is 25.6 Å². The fraction of sp³-hybridized carbons (Fsp3) is 0.667. The molecule has 0 aliphatic carbocycles. The molecule has 0 saturated carbocycles. The molecule has 0 fully saturated rings. The average molecular weight is 183 g/mol. The molecular weight excluding hydrogens is 166 g/mol. The molecule has 0 aromatic carbocycles. The summed E-state index contributed by atoms with van der Waals surface area (Å²) >= 11 is 0. The number of rotatable bonds is 4. The number of nitrogens with two attached hydrogens (primary N) is 1. The van der Waals surface area contributed by atoms with Crippen LogP contribution < -0.4 is 5.73 Å². The molecule has 13 heavy (non-hydrogen) atoms. The molecule has 1 aromatic rings. The standard InChI is InChI=1S/C9H17N3O/c1-7(2)12-4-3-8(11-12)5-9(13)6-10/h3-4,7,9,13H,5-6,10H2,1-2H3. The van der Waals surface area contributed by atoms with E-state index < -0.39 is 6.10 Å². The Labute approximate surface area is 78.4 Å². The molecule has 3 N–H and O–H groups in total. The molecule has 1 aromatic heterocycles. The van der Waals surface area contributed by atoms with E-state index in [1.807, 2.05) is 16.9 Å². The monoisotopic (exact) mass is 183 g/mol. The van der Waals surface area contributed by atoms with Crippen molar-refractivity contribution in [1.29, 1.82) is 0 Å². The lowest BCUT2D eigenvalue weighted by atomic mass is 10.2. The molecule has 4 heteroatoms. The molecule has 1 heterocycles. The Hall–Kier alpha value is -0.870. The number of aliphatic hydroxyl groups excluding tert-OH is 1. The van der Waals surface area contributed by atoms with Crippen molar-refractivity contribution in [3.8, 4) is 0 Å². The number of aromatic nitrogens is 2. The summed E-state index contributed by atoms with van der Waals surface area (Å²) in [6, 6.07) is 2.28. The predicted octanol–water partition coefficient (Wildman–Crippen LogP) is 0.326. The van der Waals surface area contributed by atoms with Gasteiger partial charge in [-0.15, -0.1) is 0 Å². The number of nitrogens with zero attached hydrogens (tertiary/aromatic N) is 2. The minimum Gasteiger partial charge on any atom is -0.391 e. The van der Waals surface area contributed by atoms with Crippen LogP contribution in [-0.4, -0.2) is 27.5 Å². The highest BCUT2D eigenvalue weighted by molar-refractivity contribution is 5.01. The molecule has 4 nitrogen and oxygen atoms in total. The Morgan fingerprint density at radius 2 is 2.31 bits per heavy atom. The Bertz CT molecular complexity index is 257. The van der Waals surface area contributed by atoms with E-state index in [0.29, 0.717) is 12.5 Å². The van der Waals surface area contributed by atoms with Crippen molar-refractivity contribution in [2.75, 3.05) is 6.54 Å². The highest BCUT2D eigenvalue weighted by atomic mass is 16.3. The van der Waals surface area contributed by atoms with E-state index in [-0.39, 0.29) is 6.54 Å². The average Bonchev–Trinajstić information content (AvgIpc) is 2.52. The first-order valence-electron chi connectivity index (χ1n) is 4.55. The topological polar surface area (TPSA) is 64.1 Å². The van der Waals surface area contributed by atoms with Gasteiger partial charge in [0.05, 0.1) is 11.8 Å². The number of hydrogen-bond acceptors (Lipinski definition) is 3. The quantitative estimate of drug-likeness (QED) is 0.707. The third-order valence-electron chi connectivity index (χ3n) is 1.91. The van der Waals surface area contributed by atoms with E-state index in [1.54, 1.807) is 0 Å². The van der Waals surface area contributed by atoms with Gasteiger partial charge in [-0.1, -0.05) is 0 Å². The van der Waals surface area contributed by atoms with Gasteiger partial charge in [-0.3, -0.25) is 4.68 Å². The van der Waals surface area contributed by atoms with Crippen molar-refractivity contribution in [2.24, 2.45) is 5.73 Å². The lowest BCUT2D eigenvalue weighted by Gasteiger charge is -2.05. The van der Waals surface area contributed by atoms with Gasteiger partial charge in [-0.05, 0) is 19.9 Å². The minimum absolute atomic E-state index is 0.286. The first-order valence-corrected chi connectivity index (χ1v) is 4.55. The van der Waals surface area contributed by atoms with E-state index in [2.05, 4.69) is 18.9 Å². The Morgan fingerprint density at radius 1 is 1.62 bits per heavy atom. The van der Waals surface area contributed by atoms with Crippen LogP contribution in [0.4, 0.5) is 0 Å². The molecule has 74 valence electrons. The van der Waals surface area contributed by atoms with Gasteiger partial charge in [0.25, 0.3) is 0 Å². The molecule has 0 aliphatic rings. The molecule has 1 unspecified atom stereocenters. The lowest BCUT2D eigenvalue weighted by Crippen LogP contribution is -2.22. The molecular formula is C9H17N3O. The maximum atomic E-state index is 9.28. The molecule has 0 spiro atoms.